The molecule has 0 amide bonds. The Balaban J connectivity index is 2.69. The van der Waals surface area contributed by atoms with Crippen molar-refractivity contribution in [2.45, 2.75) is 39.3 Å². The molecule has 120 valence electrons. The van der Waals surface area contributed by atoms with Crippen LogP contribution < -0.4 is 5.32 Å². The van der Waals surface area contributed by atoms with E-state index in [1.54, 1.807) is 7.11 Å². The molecule has 0 fully saturated rings. The summed E-state index contributed by atoms with van der Waals surface area (Å²) < 4.78 is 5.26. The molecule has 3 heteroatoms. The molecule has 3 unspecified atom stereocenters. The van der Waals surface area contributed by atoms with E-state index in [1.807, 2.05) is 0 Å². The average molecular weight is 292 g/mol. The predicted octanol–water partition coefficient (Wildman–Crippen LogP) is 3.33. The van der Waals surface area contributed by atoms with Crippen LogP contribution in [0.25, 0.3) is 0 Å². The first-order valence-electron chi connectivity index (χ1n) is 8.07. The third kappa shape index (κ3) is 6.16. The molecule has 0 aliphatic rings. The Morgan fingerprint density at radius 3 is 2.43 bits per heavy atom. The second kappa shape index (κ2) is 9.93. The number of hydrogen-bond acceptors (Lipinski definition) is 3. The van der Waals surface area contributed by atoms with E-state index in [9.17, 15) is 0 Å². The molecule has 1 aromatic carbocycles. The van der Waals surface area contributed by atoms with Crippen LogP contribution in [-0.4, -0.2) is 44.8 Å². The summed E-state index contributed by atoms with van der Waals surface area (Å²) >= 11 is 0. The lowest BCUT2D eigenvalue weighted by Gasteiger charge is -2.32. The first-order valence-corrected chi connectivity index (χ1v) is 8.07. The SMILES string of the molecule is CCCNC(c1ccccc1)C(C)CN(C)C(C)COC. The first-order chi connectivity index (χ1) is 10.1. The van der Waals surface area contributed by atoms with Crippen molar-refractivity contribution in [3.63, 3.8) is 0 Å². The summed E-state index contributed by atoms with van der Waals surface area (Å²) in [6.45, 7) is 9.65. The lowest BCUT2D eigenvalue weighted by molar-refractivity contribution is 0.102. The number of methoxy groups -OCH3 is 1. The van der Waals surface area contributed by atoms with Gasteiger partial charge < -0.3 is 15.0 Å². The molecule has 21 heavy (non-hydrogen) atoms. The molecule has 0 aromatic heterocycles. The van der Waals surface area contributed by atoms with Crippen molar-refractivity contribution in [3.05, 3.63) is 35.9 Å². The van der Waals surface area contributed by atoms with Crippen LogP contribution in [0, 0.1) is 5.92 Å². The fourth-order valence-corrected chi connectivity index (χ4v) is 2.72. The van der Waals surface area contributed by atoms with E-state index < -0.39 is 0 Å². The van der Waals surface area contributed by atoms with Crippen molar-refractivity contribution >= 4 is 0 Å². The van der Waals surface area contributed by atoms with Crippen molar-refractivity contribution in [2.75, 3.05) is 33.9 Å². The molecule has 1 N–H and O–H groups in total. The maximum Gasteiger partial charge on any atom is 0.0615 e. The van der Waals surface area contributed by atoms with E-state index >= 15 is 0 Å². The predicted molar refractivity (Wildman–Crippen MR) is 90.6 cm³/mol. The molecule has 0 saturated heterocycles. The Bertz CT molecular complexity index is 369. The monoisotopic (exact) mass is 292 g/mol. The summed E-state index contributed by atoms with van der Waals surface area (Å²) in [7, 11) is 3.95. The zero-order valence-corrected chi connectivity index (χ0v) is 14.3. The van der Waals surface area contributed by atoms with Gasteiger partial charge in [0, 0.05) is 25.7 Å². The quantitative estimate of drug-likeness (QED) is 0.716. The number of hydrogen-bond donors (Lipinski definition) is 1. The molecule has 0 saturated carbocycles. The van der Waals surface area contributed by atoms with Gasteiger partial charge in [0.05, 0.1) is 6.61 Å². The second-order valence-corrected chi connectivity index (χ2v) is 6.06. The molecule has 1 aromatic rings. The molecule has 0 aliphatic heterocycles. The number of nitrogens with one attached hydrogen (secondary N) is 1. The first kappa shape index (κ1) is 18.1. The van der Waals surface area contributed by atoms with Crippen LogP contribution >= 0.6 is 0 Å². The highest BCUT2D eigenvalue weighted by molar-refractivity contribution is 5.19. The van der Waals surface area contributed by atoms with E-state index in [0.717, 1.165) is 26.1 Å². The highest BCUT2D eigenvalue weighted by atomic mass is 16.5. The summed E-state index contributed by atoms with van der Waals surface area (Å²) in [5.41, 5.74) is 1.38. The molecule has 0 aliphatic carbocycles. The summed E-state index contributed by atoms with van der Waals surface area (Å²) in [5.74, 6) is 0.545. The Kier molecular flexibility index (Phi) is 8.58. The van der Waals surface area contributed by atoms with Crippen LogP contribution in [0.1, 0.15) is 38.8 Å². The molecule has 0 spiro atoms. The molecule has 0 heterocycles. The highest BCUT2D eigenvalue weighted by Gasteiger charge is 2.21. The van der Waals surface area contributed by atoms with Crippen LogP contribution in [-0.2, 0) is 4.74 Å². The Hall–Kier alpha value is -0.900. The van der Waals surface area contributed by atoms with Crippen LogP contribution in [0.15, 0.2) is 30.3 Å². The van der Waals surface area contributed by atoms with E-state index in [0.29, 0.717) is 18.0 Å². The standard InChI is InChI=1S/C18H32N2O/c1-6-12-19-18(17-10-8-7-9-11-17)15(2)13-20(4)16(3)14-21-5/h7-11,15-16,18-19H,6,12-14H2,1-5H3. The number of nitrogens with zero attached hydrogens (tertiary/aromatic N) is 1. The molecular formula is C18H32N2O. The lowest BCUT2D eigenvalue weighted by atomic mass is 9.93. The summed E-state index contributed by atoms with van der Waals surface area (Å²) in [5, 5.41) is 3.70. The Morgan fingerprint density at radius 1 is 1.19 bits per heavy atom. The molecule has 3 nitrogen and oxygen atoms in total. The zero-order chi connectivity index (χ0) is 15.7. The molecule has 0 radical (unpaired) electrons. The van der Waals surface area contributed by atoms with Crippen LogP contribution in [0.4, 0.5) is 0 Å². The van der Waals surface area contributed by atoms with Crippen molar-refractivity contribution in [3.8, 4) is 0 Å². The van der Waals surface area contributed by atoms with Crippen molar-refractivity contribution in [1.82, 2.24) is 10.2 Å². The van der Waals surface area contributed by atoms with Crippen LogP contribution in [0.2, 0.25) is 0 Å². The minimum absolute atomic E-state index is 0.406. The molecule has 0 bridgehead atoms. The van der Waals surface area contributed by atoms with Gasteiger partial charge in [-0.25, -0.2) is 0 Å². The highest BCUT2D eigenvalue weighted by Crippen LogP contribution is 2.23. The minimum Gasteiger partial charge on any atom is -0.383 e. The molecular weight excluding hydrogens is 260 g/mol. The minimum atomic E-state index is 0.406. The van der Waals surface area contributed by atoms with Gasteiger partial charge in [0.25, 0.3) is 0 Å². The smallest absolute Gasteiger partial charge is 0.0615 e. The van der Waals surface area contributed by atoms with E-state index in [2.05, 4.69) is 68.4 Å². The number of ether oxygens (including phenoxy) is 1. The van der Waals surface area contributed by atoms with Gasteiger partial charge in [-0.1, -0.05) is 44.2 Å². The number of rotatable bonds is 10. The van der Waals surface area contributed by atoms with Gasteiger partial charge in [0.1, 0.15) is 0 Å². The average Bonchev–Trinajstić information content (AvgIpc) is 2.49. The molecule has 3 atom stereocenters. The van der Waals surface area contributed by atoms with Crippen molar-refractivity contribution in [1.29, 1.82) is 0 Å². The van der Waals surface area contributed by atoms with E-state index in [-0.39, 0.29) is 0 Å². The van der Waals surface area contributed by atoms with E-state index in [4.69, 9.17) is 4.74 Å². The molecule has 1 rings (SSSR count). The van der Waals surface area contributed by atoms with Crippen LogP contribution in [0.5, 0.6) is 0 Å². The van der Waals surface area contributed by atoms with Crippen LogP contribution in [0.3, 0.4) is 0 Å². The van der Waals surface area contributed by atoms with Gasteiger partial charge >= 0.3 is 0 Å². The Morgan fingerprint density at radius 2 is 1.86 bits per heavy atom. The van der Waals surface area contributed by atoms with Gasteiger partial charge in [-0.15, -0.1) is 0 Å². The van der Waals surface area contributed by atoms with Gasteiger partial charge in [0.2, 0.25) is 0 Å². The Labute approximate surface area is 130 Å². The maximum absolute atomic E-state index is 5.26. The summed E-state index contributed by atoms with van der Waals surface area (Å²) in [6, 6.07) is 11.6. The zero-order valence-electron chi connectivity index (χ0n) is 14.3. The van der Waals surface area contributed by atoms with Gasteiger partial charge in [-0.05, 0) is 38.4 Å². The van der Waals surface area contributed by atoms with Crippen molar-refractivity contribution in [2.24, 2.45) is 5.92 Å². The normalized spacial score (nSPS) is 15.9. The summed E-state index contributed by atoms with van der Waals surface area (Å²) in [4.78, 5) is 2.39. The largest absolute Gasteiger partial charge is 0.383 e. The topological polar surface area (TPSA) is 24.5 Å². The second-order valence-electron chi connectivity index (χ2n) is 6.06. The maximum atomic E-state index is 5.26. The van der Waals surface area contributed by atoms with Gasteiger partial charge in [-0.2, -0.15) is 0 Å². The third-order valence-corrected chi connectivity index (χ3v) is 4.08. The lowest BCUT2D eigenvalue weighted by Crippen LogP contribution is -2.40. The fraction of sp³-hybridized carbons (Fsp3) is 0.667. The summed E-state index contributed by atoms with van der Waals surface area (Å²) in [6.07, 6.45) is 1.16. The van der Waals surface area contributed by atoms with E-state index in [1.165, 1.54) is 5.56 Å². The van der Waals surface area contributed by atoms with Crippen molar-refractivity contribution < 1.29 is 4.74 Å². The third-order valence-electron chi connectivity index (χ3n) is 4.08. The van der Waals surface area contributed by atoms with Gasteiger partial charge in [-0.3, -0.25) is 0 Å². The fourth-order valence-electron chi connectivity index (χ4n) is 2.72. The van der Waals surface area contributed by atoms with Gasteiger partial charge in [0.15, 0.2) is 0 Å². The number of benzene rings is 1. The number of likely N-dealkylation sites (N-methyl/N-ethyl adjacent to an activating group) is 1.